The summed E-state index contributed by atoms with van der Waals surface area (Å²) in [6.45, 7) is 4.01. The summed E-state index contributed by atoms with van der Waals surface area (Å²) in [7, 11) is 0.810. The van der Waals surface area contributed by atoms with Crippen molar-refractivity contribution in [1.82, 2.24) is 9.80 Å². The molecule has 3 aromatic carbocycles. The largest absolute Gasteiger partial charge is 0.495 e. The second-order valence-corrected chi connectivity index (χ2v) is 11.4. The highest BCUT2D eigenvalue weighted by atomic mass is 32.2. The first-order valence-corrected chi connectivity index (χ1v) is 14.0. The molecule has 0 radical (unpaired) electrons. The maximum absolute atomic E-state index is 13.6. The van der Waals surface area contributed by atoms with Crippen molar-refractivity contribution in [1.29, 1.82) is 0 Å². The first kappa shape index (κ1) is 28.0. The number of nitrogens with one attached hydrogen (secondary N) is 1. The van der Waals surface area contributed by atoms with Crippen LogP contribution in [0, 0.1) is 13.8 Å². The summed E-state index contributed by atoms with van der Waals surface area (Å²) >= 11 is 0. The molecule has 39 heavy (non-hydrogen) atoms. The van der Waals surface area contributed by atoms with Gasteiger partial charge in [-0.1, -0.05) is 35.9 Å². The van der Waals surface area contributed by atoms with Gasteiger partial charge in [-0.25, -0.2) is 8.42 Å². The molecular weight excluding hydrogens is 518 g/mol. The highest BCUT2D eigenvalue weighted by Gasteiger charge is 2.42. The summed E-state index contributed by atoms with van der Waals surface area (Å²) in [5.74, 6) is 0.241. The van der Waals surface area contributed by atoms with Crippen molar-refractivity contribution in [3.63, 3.8) is 0 Å². The van der Waals surface area contributed by atoms with Crippen LogP contribution >= 0.6 is 0 Å². The Hall–Kier alpha value is -4.05. The summed E-state index contributed by atoms with van der Waals surface area (Å²) in [6, 6.07) is 17.9. The zero-order chi connectivity index (χ0) is 28.3. The lowest BCUT2D eigenvalue weighted by atomic mass is 10.0. The molecule has 4 rings (SSSR count). The molecule has 1 fully saturated rings. The molecule has 206 valence electrons. The number of hydrogen-bond acceptors (Lipinski definition) is 6. The van der Waals surface area contributed by atoms with Crippen LogP contribution in [0.4, 0.5) is 5.69 Å². The number of sulfonamides is 1. The van der Waals surface area contributed by atoms with Crippen LogP contribution in [0.3, 0.4) is 0 Å². The number of carbonyl (C=O) groups is 2. The van der Waals surface area contributed by atoms with Gasteiger partial charge in [0.15, 0.2) is 0 Å². The Morgan fingerprint density at radius 1 is 1.00 bits per heavy atom. The summed E-state index contributed by atoms with van der Waals surface area (Å²) in [4.78, 5) is 29.7. The van der Waals surface area contributed by atoms with E-state index in [0.29, 0.717) is 23.4 Å². The van der Waals surface area contributed by atoms with Gasteiger partial charge < -0.3 is 19.3 Å². The van der Waals surface area contributed by atoms with Crippen molar-refractivity contribution in [2.75, 3.05) is 32.5 Å². The zero-order valence-corrected chi connectivity index (χ0v) is 23.5. The van der Waals surface area contributed by atoms with Gasteiger partial charge >= 0.3 is 0 Å². The third-order valence-electron chi connectivity index (χ3n) is 6.62. The van der Waals surface area contributed by atoms with Crippen molar-refractivity contribution < 1.29 is 27.5 Å². The second-order valence-electron chi connectivity index (χ2n) is 9.78. The van der Waals surface area contributed by atoms with Crippen LogP contribution in [0.15, 0.2) is 71.6 Å². The van der Waals surface area contributed by atoms with Gasteiger partial charge in [0.25, 0.3) is 15.9 Å². The quantitative estimate of drug-likeness (QED) is 0.456. The van der Waals surface area contributed by atoms with E-state index in [4.69, 9.17) is 9.47 Å². The van der Waals surface area contributed by atoms with Gasteiger partial charge in [-0.05, 0) is 49.7 Å². The van der Waals surface area contributed by atoms with Crippen molar-refractivity contribution in [2.24, 2.45) is 0 Å². The molecule has 0 unspecified atom stereocenters. The minimum absolute atomic E-state index is 0.0141. The van der Waals surface area contributed by atoms with E-state index in [0.717, 1.165) is 11.1 Å². The molecule has 1 saturated heterocycles. The number of methoxy groups -OCH3 is 1. The molecule has 9 nitrogen and oxygen atoms in total. The molecule has 0 saturated carbocycles. The smallest absolute Gasteiger partial charge is 0.265 e. The molecule has 1 heterocycles. The van der Waals surface area contributed by atoms with Crippen molar-refractivity contribution in [3.8, 4) is 11.5 Å². The first-order valence-electron chi connectivity index (χ1n) is 12.5. The van der Waals surface area contributed by atoms with Gasteiger partial charge in [0.1, 0.15) is 28.5 Å². The minimum Gasteiger partial charge on any atom is -0.495 e. The molecule has 1 aliphatic rings. The van der Waals surface area contributed by atoms with Crippen LogP contribution < -0.4 is 14.2 Å². The first-order chi connectivity index (χ1) is 18.5. The van der Waals surface area contributed by atoms with Crippen LogP contribution in [0.5, 0.6) is 11.5 Å². The Morgan fingerprint density at radius 3 is 2.46 bits per heavy atom. The number of likely N-dealkylation sites (N-methyl/N-ethyl adjacent to an activating group) is 1. The van der Waals surface area contributed by atoms with Gasteiger partial charge in [0.05, 0.1) is 19.3 Å². The topological polar surface area (TPSA) is 105 Å². The monoisotopic (exact) mass is 551 g/mol. The number of hydrogen-bond donors (Lipinski definition) is 1. The van der Waals surface area contributed by atoms with Crippen LogP contribution in [0.2, 0.25) is 0 Å². The average Bonchev–Trinajstić information content (AvgIpc) is 3.32. The summed E-state index contributed by atoms with van der Waals surface area (Å²) in [5, 5.41) is 0. The number of rotatable bonds is 8. The van der Waals surface area contributed by atoms with E-state index in [1.807, 2.05) is 32.0 Å². The molecule has 0 aliphatic carbocycles. The van der Waals surface area contributed by atoms with Gasteiger partial charge in [-0.15, -0.1) is 0 Å². The Morgan fingerprint density at radius 2 is 1.74 bits per heavy atom. The second kappa shape index (κ2) is 11.4. The number of benzene rings is 3. The normalized spacial score (nSPS) is 17.0. The van der Waals surface area contributed by atoms with Crippen LogP contribution in [0.25, 0.3) is 0 Å². The highest BCUT2D eigenvalue weighted by Crippen LogP contribution is 2.30. The molecule has 2 atom stereocenters. The van der Waals surface area contributed by atoms with Gasteiger partial charge in [-0.2, -0.15) is 0 Å². The van der Waals surface area contributed by atoms with E-state index in [9.17, 15) is 18.0 Å². The SMILES string of the molecule is COc1ccccc1S(=O)(=O)Nc1cccc(O[C@H]2C[C@H](C(=O)N(C)C)N(C(=O)c3cc(C)ccc3C)C2)c1. The zero-order valence-electron chi connectivity index (χ0n) is 22.7. The predicted molar refractivity (Wildman–Crippen MR) is 149 cm³/mol. The van der Waals surface area contributed by atoms with Crippen LogP contribution in [-0.4, -0.2) is 69.9 Å². The maximum atomic E-state index is 13.6. The number of anilines is 1. The van der Waals surface area contributed by atoms with Crippen molar-refractivity contribution in [3.05, 3.63) is 83.4 Å². The molecule has 1 N–H and O–H groups in total. The van der Waals surface area contributed by atoms with Crippen LogP contribution in [0.1, 0.15) is 27.9 Å². The van der Waals surface area contributed by atoms with E-state index in [1.165, 1.54) is 18.1 Å². The number of nitrogens with zero attached hydrogens (tertiary/aromatic N) is 2. The van der Waals surface area contributed by atoms with Gasteiger partial charge in [0, 0.05) is 32.1 Å². The third kappa shape index (κ3) is 6.17. The summed E-state index contributed by atoms with van der Waals surface area (Å²) in [6.07, 6.45) is -0.154. The van der Waals surface area contributed by atoms with Crippen molar-refractivity contribution in [2.45, 2.75) is 37.3 Å². The fraction of sp³-hybridized carbons (Fsp3) is 0.310. The van der Waals surface area contributed by atoms with E-state index in [-0.39, 0.29) is 29.0 Å². The number of carbonyl (C=O) groups excluding carboxylic acids is 2. The number of likely N-dealkylation sites (tertiary alicyclic amines) is 1. The molecular formula is C29H33N3O6S. The molecule has 1 aliphatic heterocycles. The van der Waals surface area contributed by atoms with Crippen LogP contribution in [-0.2, 0) is 14.8 Å². The maximum Gasteiger partial charge on any atom is 0.265 e. The molecule has 3 aromatic rings. The molecule has 2 amide bonds. The molecule has 10 heteroatoms. The third-order valence-corrected chi connectivity index (χ3v) is 8.04. The molecule has 0 aromatic heterocycles. The minimum atomic E-state index is -3.92. The van der Waals surface area contributed by atoms with Crippen molar-refractivity contribution >= 4 is 27.5 Å². The molecule has 0 spiro atoms. The number of aryl methyl sites for hydroxylation is 2. The standard InChI is InChI=1S/C29H33N3O6S/c1-19-13-14-20(2)24(15-19)28(33)32-18-23(17-25(32)29(34)31(3)4)38-22-10-8-9-21(16-22)30-39(35,36)27-12-7-6-11-26(27)37-5/h6-16,23,25,30H,17-18H2,1-5H3/t23-,25+/m0/s1. The van der Waals surface area contributed by atoms with E-state index < -0.39 is 22.2 Å². The molecule has 0 bridgehead atoms. The Bertz CT molecular complexity index is 1490. The van der Waals surface area contributed by atoms with E-state index in [2.05, 4.69) is 4.72 Å². The van der Waals surface area contributed by atoms with E-state index in [1.54, 1.807) is 61.5 Å². The fourth-order valence-electron chi connectivity index (χ4n) is 4.64. The van der Waals surface area contributed by atoms with Gasteiger partial charge in [-0.3, -0.25) is 14.3 Å². The lowest BCUT2D eigenvalue weighted by molar-refractivity contribution is -0.132. The number of para-hydroxylation sites is 1. The lowest BCUT2D eigenvalue weighted by Gasteiger charge is -2.26. The number of ether oxygens (including phenoxy) is 2. The predicted octanol–water partition coefficient (Wildman–Crippen LogP) is 3.86. The summed E-state index contributed by atoms with van der Waals surface area (Å²) in [5.41, 5.74) is 2.65. The Labute approximate surface area is 229 Å². The van der Waals surface area contributed by atoms with Gasteiger partial charge in [0.2, 0.25) is 5.91 Å². The average molecular weight is 552 g/mol. The Kier molecular flexibility index (Phi) is 8.15. The highest BCUT2D eigenvalue weighted by molar-refractivity contribution is 7.92. The lowest BCUT2D eigenvalue weighted by Crippen LogP contribution is -2.45. The number of amides is 2. The fourth-order valence-corrected chi connectivity index (χ4v) is 5.86. The van der Waals surface area contributed by atoms with E-state index >= 15 is 0 Å². The summed E-state index contributed by atoms with van der Waals surface area (Å²) < 4.78 is 40.0. The Balaban J connectivity index is 1.55.